The van der Waals surface area contributed by atoms with Crippen LogP contribution in [0.1, 0.15) is 43.7 Å². The van der Waals surface area contributed by atoms with E-state index >= 15 is 4.39 Å². The summed E-state index contributed by atoms with van der Waals surface area (Å²) >= 11 is 0. The molecule has 2 fully saturated rings. The molecule has 4 N–H and O–H groups in total. The van der Waals surface area contributed by atoms with E-state index in [0.717, 1.165) is 60.6 Å². The number of imidazole rings is 1. The molecule has 0 saturated carbocycles. The third-order valence-corrected chi connectivity index (χ3v) is 11.1. The van der Waals surface area contributed by atoms with Gasteiger partial charge < -0.3 is 44.7 Å². The number of aliphatic hydroxyl groups excluding tert-OH is 1. The van der Waals surface area contributed by atoms with Gasteiger partial charge in [-0.1, -0.05) is 19.6 Å². The molecule has 316 valence electrons. The lowest BCUT2D eigenvalue weighted by Crippen LogP contribution is -2.42. The lowest BCUT2D eigenvalue weighted by molar-refractivity contribution is -0.118. The second-order valence-electron chi connectivity index (χ2n) is 15.3. The first-order valence-corrected chi connectivity index (χ1v) is 20.1. The molecule has 2 saturated heterocycles. The number of piperidine rings is 1. The Hall–Kier alpha value is -6.57. The number of amides is 1. The Bertz CT molecular complexity index is 2600. The second-order valence-corrected chi connectivity index (χ2v) is 15.3. The summed E-state index contributed by atoms with van der Waals surface area (Å²) in [5.74, 6) is 2.01. The molecule has 1 amide bonds. The molecule has 60 heavy (non-hydrogen) atoms. The maximum atomic E-state index is 15.6. The summed E-state index contributed by atoms with van der Waals surface area (Å²) in [6.07, 6.45) is 10.0. The average molecular weight is 824 g/mol. The number of anilines is 5. The smallest absolute Gasteiger partial charge is 0.256 e. The van der Waals surface area contributed by atoms with Gasteiger partial charge in [0.05, 0.1) is 45.0 Å². The van der Waals surface area contributed by atoms with E-state index in [2.05, 4.69) is 54.5 Å². The number of ether oxygens (including phenoxy) is 1. The van der Waals surface area contributed by atoms with Crippen molar-refractivity contribution in [2.75, 3.05) is 53.8 Å². The van der Waals surface area contributed by atoms with Crippen molar-refractivity contribution in [1.82, 2.24) is 53.8 Å². The van der Waals surface area contributed by atoms with Gasteiger partial charge in [0.15, 0.2) is 22.6 Å². The number of pyridine rings is 1. The Kier molecular flexibility index (Phi) is 11.4. The normalized spacial score (nSPS) is 18.1. The van der Waals surface area contributed by atoms with Crippen molar-refractivity contribution in [3.05, 3.63) is 76.7 Å². The number of aromatic nitrogens is 10. The fraction of sp³-hybridized carbons (Fsp3) is 0.450. The van der Waals surface area contributed by atoms with Crippen LogP contribution in [0.2, 0.25) is 0 Å². The van der Waals surface area contributed by atoms with Crippen molar-refractivity contribution in [3.63, 3.8) is 0 Å². The number of rotatable bonds is 15. The summed E-state index contributed by atoms with van der Waals surface area (Å²) < 4.78 is 27.6. The van der Waals surface area contributed by atoms with E-state index in [1.807, 2.05) is 12.3 Å². The van der Waals surface area contributed by atoms with Crippen molar-refractivity contribution in [2.24, 2.45) is 14.1 Å². The van der Waals surface area contributed by atoms with Gasteiger partial charge in [-0.15, -0.1) is 5.10 Å². The van der Waals surface area contributed by atoms with E-state index in [1.54, 1.807) is 57.5 Å². The van der Waals surface area contributed by atoms with Crippen LogP contribution in [0, 0.1) is 0 Å². The van der Waals surface area contributed by atoms with Crippen molar-refractivity contribution in [3.8, 4) is 5.88 Å². The van der Waals surface area contributed by atoms with Gasteiger partial charge in [0, 0.05) is 75.8 Å². The number of aryl methyl sites for hydroxylation is 3. The van der Waals surface area contributed by atoms with Crippen molar-refractivity contribution < 1.29 is 19.0 Å². The minimum atomic E-state index is -1.43. The van der Waals surface area contributed by atoms with Crippen LogP contribution in [0.25, 0.3) is 16.8 Å². The summed E-state index contributed by atoms with van der Waals surface area (Å²) in [6.45, 7) is 7.29. The van der Waals surface area contributed by atoms with Crippen LogP contribution in [0.4, 0.5) is 33.5 Å². The molecule has 8 rings (SSSR count). The molecule has 8 heterocycles. The van der Waals surface area contributed by atoms with Crippen LogP contribution >= 0.6 is 0 Å². The third-order valence-electron chi connectivity index (χ3n) is 11.1. The molecule has 2 aliphatic rings. The summed E-state index contributed by atoms with van der Waals surface area (Å²) in [7, 11) is 5.09. The van der Waals surface area contributed by atoms with E-state index in [1.165, 1.54) is 17.7 Å². The summed E-state index contributed by atoms with van der Waals surface area (Å²) in [4.78, 5) is 49.3. The molecular formula is C40H50FN15O4. The highest BCUT2D eigenvalue weighted by atomic mass is 19.1. The predicted octanol–water partition coefficient (Wildman–Crippen LogP) is 2.87. The Labute approximate surface area is 344 Å². The van der Waals surface area contributed by atoms with Gasteiger partial charge in [-0.05, 0) is 37.7 Å². The molecule has 0 radical (unpaired) electrons. The van der Waals surface area contributed by atoms with Gasteiger partial charge in [-0.25, -0.2) is 14.4 Å². The molecule has 6 aromatic rings. The first-order valence-electron chi connectivity index (χ1n) is 20.1. The third kappa shape index (κ3) is 8.05. The molecule has 0 aliphatic carbocycles. The molecular weight excluding hydrogens is 774 g/mol. The van der Waals surface area contributed by atoms with Crippen molar-refractivity contribution >= 4 is 51.8 Å². The largest absolute Gasteiger partial charge is 0.478 e. The molecule has 19 nitrogen and oxygen atoms in total. The maximum absolute atomic E-state index is 15.6. The molecule has 6 aromatic heterocycles. The predicted molar refractivity (Wildman–Crippen MR) is 225 cm³/mol. The van der Waals surface area contributed by atoms with E-state index in [0.29, 0.717) is 41.5 Å². The summed E-state index contributed by atoms with van der Waals surface area (Å²) in [5.41, 5.74) is 3.96. The zero-order chi connectivity index (χ0) is 42.1. The molecule has 0 spiro atoms. The Morgan fingerprint density at radius 2 is 1.97 bits per heavy atom. The second kappa shape index (κ2) is 17.0. The van der Waals surface area contributed by atoms with Gasteiger partial charge in [0.25, 0.3) is 11.4 Å². The molecule has 2 aliphatic heterocycles. The fourth-order valence-corrected chi connectivity index (χ4v) is 7.94. The number of methoxy groups -OCH3 is 1. The van der Waals surface area contributed by atoms with Crippen LogP contribution in [-0.4, -0.2) is 111 Å². The number of alkyl halides is 1. The van der Waals surface area contributed by atoms with E-state index in [-0.39, 0.29) is 49.4 Å². The topological polar surface area (TPSA) is 203 Å². The fourth-order valence-electron chi connectivity index (χ4n) is 7.94. The number of carbonyl (C=O) groups is 1. The highest BCUT2D eigenvalue weighted by Gasteiger charge is 2.36. The van der Waals surface area contributed by atoms with Crippen LogP contribution in [0.15, 0.2) is 60.1 Å². The van der Waals surface area contributed by atoms with Crippen molar-refractivity contribution in [1.29, 1.82) is 0 Å². The lowest BCUT2D eigenvalue weighted by Gasteiger charge is -2.36. The minimum Gasteiger partial charge on any atom is -0.478 e. The Morgan fingerprint density at radius 1 is 1.12 bits per heavy atom. The number of carbonyl (C=O) groups excluding carboxylic acids is 1. The molecule has 3 atom stereocenters. The quantitative estimate of drug-likeness (QED) is 0.110. The average Bonchev–Trinajstić information content (AvgIpc) is 4.03. The first kappa shape index (κ1) is 40.2. The van der Waals surface area contributed by atoms with Gasteiger partial charge in [-0.3, -0.25) is 14.3 Å². The van der Waals surface area contributed by atoms with Gasteiger partial charge in [0.2, 0.25) is 11.9 Å². The van der Waals surface area contributed by atoms with Gasteiger partial charge >= 0.3 is 0 Å². The van der Waals surface area contributed by atoms with Crippen LogP contribution in [-0.2, 0) is 38.4 Å². The molecule has 0 aromatic carbocycles. The Balaban J connectivity index is 0.938. The number of hydrogen-bond acceptors (Lipinski definition) is 14. The standard InChI is InChI=1S/C40H50FN15O4/c1-6-26-17-44-56-31(15-32(47-36(26)56)55-13-8-7-9-27(55)12-14-57)42-16-25-10-11-33(58)53(19-25)18-24(2)38(59)46-29-22-54(20-28(29)41)40-48-35(34-37(49-40)51(3)23-43-34)45-30-21-52(4)50-39(30)60-5/h10-11,15,17,19,21,23,27-29,42,57H,2,6-9,12-14,16,18,20,22H2,1,3-5H3,(H,46,59)(H,45,48,49)/t27-,28+,29+/m0/s1. The van der Waals surface area contributed by atoms with Crippen LogP contribution in [0.3, 0.4) is 0 Å². The minimum absolute atomic E-state index is 0.0597. The number of fused-ring (bicyclic) bond motifs is 2. The number of nitrogens with one attached hydrogen (secondary N) is 3. The molecule has 0 bridgehead atoms. The zero-order valence-corrected chi connectivity index (χ0v) is 34.2. The van der Waals surface area contributed by atoms with E-state index in [4.69, 9.17) is 14.7 Å². The van der Waals surface area contributed by atoms with Gasteiger partial charge in [-0.2, -0.15) is 19.6 Å². The van der Waals surface area contributed by atoms with Crippen LogP contribution in [0.5, 0.6) is 5.88 Å². The summed E-state index contributed by atoms with van der Waals surface area (Å²) in [5, 5.41) is 28.1. The lowest BCUT2D eigenvalue weighted by atomic mass is 9.99. The highest BCUT2D eigenvalue weighted by molar-refractivity contribution is 5.93. The number of nitrogens with zero attached hydrogens (tertiary/aromatic N) is 12. The molecule has 0 unspecified atom stereocenters. The number of halogens is 1. The maximum Gasteiger partial charge on any atom is 0.256 e. The van der Waals surface area contributed by atoms with Crippen LogP contribution < -0.4 is 36.0 Å². The highest BCUT2D eigenvalue weighted by Crippen LogP contribution is 2.32. The first-order chi connectivity index (χ1) is 29.0. The monoisotopic (exact) mass is 823 g/mol. The summed E-state index contributed by atoms with van der Waals surface area (Å²) in [6, 6.07) is 4.48. The van der Waals surface area contributed by atoms with E-state index < -0.39 is 18.1 Å². The molecule has 20 heteroatoms. The Morgan fingerprint density at radius 3 is 2.77 bits per heavy atom. The van der Waals surface area contributed by atoms with E-state index in [9.17, 15) is 14.7 Å². The zero-order valence-electron chi connectivity index (χ0n) is 34.2. The van der Waals surface area contributed by atoms with Gasteiger partial charge in [0.1, 0.15) is 23.5 Å². The number of hydrogen-bond donors (Lipinski definition) is 4. The SMILES string of the molecule is C=C(Cn1cc(CNc2cc(N3CCCC[C@H]3CCO)nc3c(CC)cnn23)ccc1=O)C(=O)N[C@@H]1CN(c2nc(Nc3cn(C)nc3OC)c3ncn(C)c3n2)C[C@H]1F. The number of aliphatic hydroxyl groups is 1. The van der Waals surface area contributed by atoms with Crippen molar-refractivity contribution in [2.45, 2.75) is 70.4 Å².